The number of nitrogens with zero attached hydrogens (tertiary/aromatic N) is 2. The van der Waals surface area contributed by atoms with Crippen molar-refractivity contribution >= 4 is 39.8 Å². The van der Waals surface area contributed by atoms with E-state index < -0.39 is 5.91 Å². The smallest absolute Gasteiger partial charge is 0.283 e. The highest BCUT2D eigenvalue weighted by Crippen LogP contribution is 2.31. The number of halogens is 1. The Hall–Kier alpha value is -2.70. The van der Waals surface area contributed by atoms with Crippen LogP contribution >= 0.6 is 11.6 Å². The third-order valence-electron chi connectivity index (χ3n) is 3.13. The molecule has 4 N–H and O–H groups in total. The quantitative estimate of drug-likeness (QED) is 0.296. The Morgan fingerprint density at radius 1 is 1.09 bits per heavy atom. The average molecular weight is 314 g/mol. The first kappa shape index (κ1) is 14.2. The molecule has 6 nitrogen and oxygen atoms in total. The van der Waals surface area contributed by atoms with E-state index in [1.54, 1.807) is 24.3 Å². The summed E-state index contributed by atoms with van der Waals surface area (Å²) in [4.78, 5) is 14.9. The minimum atomic E-state index is -0.457. The number of carbonyl (C=O) groups is 1. The van der Waals surface area contributed by atoms with Crippen LogP contribution in [0.15, 0.2) is 58.8 Å². The third kappa shape index (κ3) is 2.69. The number of nitrogens with one attached hydrogen (secondary N) is 2. The molecule has 0 bridgehead atoms. The Morgan fingerprint density at radius 3 is 2.55 bits per heavy atom. The van der Waals surface area contributed by atoms with Gasteiger partial charge in [-0.1, -0.05) is 29.8 Å². The summed E-state index contributed by atoms with van der Waals surface area (Å²) < 4.78 is 0. The number of hydrazine groups is 1. The summed E-state index contributed by atoms with van der Waals surface area (Å²) in [5.74, 6) is 4.76. The molecule has 1 amide bonds. The second-order valence-electron chi connectivity index (χ2n) is 4.54. The number of aromatic nitrogens is 1. The van der Waals surface area contributed by atoms with Crippen molar-refractivity contribution < 1.29 is 4.79 Å². The summed E-state index contributed by atoms with van der Waals surface area (Å²) in [5.41, 5.74) is 4.22. The Morgan fingerprint density at radius 2 is 1.82 bits per heavy atom. The molecule has 7 heteroatoms. The molecule has 0 unspecified atom stereocenters. The molecule has 22 heavy (non-hydrogen) atoms. The molecule has 1 aromatic heterocycles. The van der Waals surface area contributed by atoms with Crippen LogP contribution in [0.2, 0.25) is 5.02 Å². The van der Waals surface area contributed by atoms with Crippen molar-refractivity contribution in [2.24, 2.45) is 16.1 Å². The number of hydrogen-bond acceptors (Lipinski definition) is 4. The molecule has 0 saturated heterocycles. The van der Waals surface area contributed by atoms with E-state index in [9.17, 15) is 4.79 Å². The zero-order chi connectivity index (χ0) is 15.5. The van der Waals surface area contributed by atoms with Gasteiger partial charge in [-0.25, -0.2) is 5.84 Å². The van der Waals surface area contributed by atoms with Crippen LogP contribution in [0.4, 0.5) is 11.4 Å². The number of benzene rings is 2. The molecule has 2 aromatic carbocycles. The van der Waals surface area contributed by atoms with Crippen LogP contribution < -0.4 is 11.3 Å². The zero-order valence-corrected chi connectivity index (χ0v) is 12.1. The maximum Gasteiger partial charge on any atom is 0.283 e. The van der Waals surface area contributed by atoms with Gasteiger partial charge in [-0.05, 0) is 30.3 Å². The molecule has 0 aliphatic rings. The summed E-state index contributed by atoms with van der Waals surface area (Å²) in [6.45, 7) is 0. The second kappa shape index (κ2) is 5.97. The van der Waals surface area contributed by atoms with E-state index in [2.05, 4.69) is 20.6 Å². The van der Waals surface area contributed by atoms with Gasteiger partial charge in [-0.3, -0.25) is 10.2 Å². The molecule has 0 atom stereocenters. The maximum atomic E-state index is 11.9. The fraction of sp³-hybridized carbons (Fsp3) is 0. The lowest BCUT2D eigenvalue weighted by Gasteiger charge is -1.98. The van der Waals surface area contributed by atoms with E-state index in [-0.39, 0.29) is 5.69 Å². The highest BCUT2D eigenvalue weighted by molar-refractivity contribution is 6.30. The lowest BCUT2D eigenvalue weighted by Crippen LogP contribution is -2.30. The summed E-state index contributed by atoms with van der Waals surface area (Å²) in [6, 6.07) is 14.4. The van der Waals surface area contributed by atoms with Crippen LogP contribution in [-0.4, -0.2) is 10.9 Å². The lowest BCUT2D eigenvalue weighted by molar-refractivity contribution is 0.0950. The molecule has 3 aromatic rings. The zero-order valence-electron chi connectivity index (χ0n) is 11.4. The number of fused-ring (bicyclic) bond motifs is 1. The van der Waals surface area contributed by atoms with Gasteiger partial charge in [0.25, 0.3) is 5.91 Å². The third-order valence-corrected chi connectivity index (χ3v) is 3.38. The van der Waals surface area contributed by atoms with E-state index in [1.165, 1.54) is 0 Å². The molecule has 0 aliphatic heterocycles. The number of para-hydroxylation sites is 1. The monoisotopic (exact) mass is 313 g/mol. The number of amides is 1. The maximum absolute atomic E-state index is 11.9. The fourth-order valence-corrected chi connectivity index (χ4v) is 2.21. The number of H-pyrrole nitrogens is 1. The molecule has 0 fully saturated rings. The van der Waals surface area contributed by atoms with E-state index >= 15 is 0 Å². The summed E-state index contributed by atoms with van der Waals surface area (Å²) in [7, 11) is 0. The lowest BCUT2D eigenvalue weighted by atomic mass is 10.2. The van der Waals surface area contributed by atoms with E-state index in [0.717, 1.165) is 10.9 Å². The Kier molecular flexibility index (Phi) is 3.86. The minimum absolute atomic E-state index is 0.265. The number of aromatic amines is 1. The SMILES string of the molecule is NNC(=O)c1[nH]c2ccccc2c1N=Nc1ccc(Cl)cc1. The predicted octanol–water partition coefficient (Wildman–Crippen LogP) is 3.84. The normalized spacial score (nSPS) is 11.2. The van der Waals surface area contributed by atoms with Crippen molar-refractivity contribution in [2.45, 2.75) is 0 Å². The molecule has 0 spiro atoms. The number of hydrogen-bond donors (Lipinski definition) is 3. The Balaban J connectivity index is 2.08. The van der Waals surface area contributed by atoms with Crippen molar-refractivity contribution in [1.29, 1.82) is 0 Å². The van der Waals surface area contributed by atoms with Gasteiger partial charge in [0.1, 0.15) is 11.4 Å². The Bertz CT molecular complexity index is 854. The standard InChI is InChI=1S/C15H12ClN5O/c16-9-5-7-10(8-6-9)20-21-13-11-3-1-2-4-12(11)18-14(13)15(22)19-17/h1-8,18H,17H2,(H,19,22). The summed E-state index contributed by atoms with van der Waals surface area (Å²) >= 11 is 5.83. The number of azo groups is 1. The van der Waals surface area contributed by atoms with E-state index in [0.29, 0.717) is 16.4 Å². The second-order valence-corrected chi connectivity index (χ2v) is 4.98. The number of rotatable bonds is 3. The van der Waals surface area contributed by atoms with Gasteiger partial charge in [0.15, 0.2) is 0 Å². The average Bonchev–Trinajstić information content (AvgIpc) is 2.92. The topological polar surface area (TPSA) is 95.6 Å². The van der Waals surface area contributed by atoms with Crippen LogP contribution in [0.25, 0.3) is 10.9 Å². The Labute approximate surface area is 131 Å². The molecule has 1 heterocycles. The highest BCUT2D eigenvalue weighted by Gasteiger charge is 2.16. The van der Waals surface area contributed by atoms with Gasteiger partial charge in [-0.15, -0.1) is 5.11 Å². The number of carbonyl (C=O) groups excluding carboxylic acids is 1. The van der Waals surface area contributed by atoms with Crippen LogP contribution in [0.1, 0.15) is 10.5 Å². The number of nitrogens with two attached hydrogens (primary N) is 1. The van der Waals surface area contributed by atoms with Crippen molar-refractivity contribution in [2.75, 3.05) is 0 Å². The molecule has 110 valence electrons. The minimum Gasteiger partial charge on any atom is -0.349 e. The van der Waals surface area contributed by atoms with Gasteiger partial charge < -0.3 is 4.98 Å². The van der Waals surface area contributed by atoms with E-state index in [4.69, 9.17) is 17.4 Å². The van der Waals surface area contributed by atoms with Gasteiger partial charge >= 0.3 is 0 Å². The summed E-state index contributed by atoms with van der Waals surface area (Å²) in [6.07, 6.45) is 0. The van der Waals surface area contributed by atoms with Crippen molar-refractivity contribution in [3.63, 3.8) is 0 Å². The van der Waals surface area contributed by atoms with Crippen LogP contribution in [0.5, 0.6) is 0 Å². The van der Waals surface area contributed by atoms with Gasteiger partial charge in [0.2, 0.25) is 0 Å². The van der Waals surface area contributed by atoms with Gasteiger partial charge in [0.05, 0.1) is 5.69 Å². The van der Waals surface area contributed by atoms with Crippen LogP contribution in [0.3, 0.4) is 0 Å². The predicted molar refractivity (Wildman–Crippen MR) is 85.6 cm³/mol. The van der Waals surface area contributed by atoms with Crippen LogP contribution in [-0.2, 0) is 0 Å². The first-order valence-electron chi connectivity index (χ1n) is 6.48. The molecule has 3 rings (SSSR count). The molecular formula is C15H12ClN5O. The fourth-order valence-electron chi connectivity index (χ4n) is 2.08. The first-order valence-corrected chi connectivity index (χ1v) is 6.86. The first-order chi connectivity index (χ1) is 10.7. The van der Waals surface area contributed by atoms with E-state index in [1.807, 2.05) is 24.3 Å². The van der Waals surface area contributed by atoms with Crippen molar-refractivity contribution in [1.82, 2.24) is 10.4 Å². The highest BCUT2D eigenvalue weighted by atomic mass is 35.5. The largest absolute Gasteiger partial charge is 0.349 e. The number of nitrogen functional groups attached to an aromatic ring is 1. The van der Waals surface area contributed by atoms with Crippen molar-refractivity contribution in [3.8, 4) is 0 Å². The van der Waals surface area contributed by atoms with Gasteiger partial charge in [0, 0.05) is 15.9 Å². The molecular weight excluding hydrogens is 302 g/mol. The molecule has 0 saturated carbocycles. The van der Waals surface area contributed by atoms with Gasteiger partial charge in [-0.2, -0.15) is 5.11 Å². The summed E-state index contributed by atoms with van der Waals surface area (Å²) in [5, 5.41) is 9.75. The van der Waals surface area contributed by atoms with Crippen LogP contribution in [0, 0.1) is 0 Å². The molecule has 0 aliphatic carbocycles. The molecule has 0 radical (unpaired) electrons. The van der Waals surface area contributed by atoms with Crippen molar-refractivity contribution in [3.05, 3.63) is 59.2 Å².